The lowest BCUT2D eigenvalue weighted by atomic mass is 10.2. The number of halogens is 1. The second-order valence-electron chi connectivity index (χ2n) is 5.66. The van der Waals surface area contributed by atoms with Crippen LogP contribution in [0.5, 0.6) is 0 Å². The highest BCUT2D eigenvalue weighted by atomic mass is 35.5. The van der Waals surface area contributed by atoms with Gasteiger partial charge in [-0.15, -0.1) is 0 Å². The summed E-state index contributed by atoms with van der Waals surface area (Å²) in [4.78, 5) is 42.1. The van der Waals surface area contributed by atoms with Crippen LogP contribution in [-0.4, -0.2) is 35.4 Å². The third-order valence-corrected chi connectivity index (χ3v) is 5.33. The van der Waals surface area contributed by atoms with E-state index in [0.717, 1.165) is 17.3 Å². The molecule has 0 unspecified atom stereocenters. The van der Waals surface area contributed by atoms with Crippen molar-refractivity contribution in [2.75, 3.05) is 0 Å². The Balaban J connectivity index is 2.25. The summed E-state index contributed by atoms with van der Waals surface area (Å²) in [6, 6.07) is 7.13. The number of nitrogens with one attached hydrogen (secondary N) is 1. The van der Waals surface area contributed by atoms with E-state index >= 15 is 0 Å². The Kier molecular flexibility index (Phi) is 4.92. The van der Waals surface area contributed by atoms with Crippen LogP contribution in [-0.2, 0) is 18.4 Å². The molecular weight excluding hydrogens is 380 g/mol. The summed E-state index contributed by atoms with van der Waals surface area (Å²) in [5.74, 6) is -1.01. The Morgan fingerprint density at radius 2 is 2.08 bits per heavy atom. The van der Waals surface area contributed by atoms with Crippen molar-refractivity contribution >= 4 is 40.5 Å². The molecule has 0 fully saturated rings. The summed E-state index contributed by atoms with van der Waals surface area (Å²) in [7, 11) is 1.49. The first-order chi connectivity index (χ1) is 12.3. The number of hydrogen-bond acceptors (Lipinski definition) is 5. The maximum Gasteiger partial charge on any atom is 0.329 e. The van der Waals surface area contributed by atoms with Gasteiger partial charge in [0.25, 0.3) is 5.56 Å². The van der Waals surface area contributed by atoms with Gasteiger partial charge in [0.2, 0.25) is 0 Å². The average Bonchev–Trinajstić information content (AvgIpc) is 2.93. The van der Waals surface area contributed by atoms with Crippen molar-refractivity contribution in [3.05, 3.63) is 55.7 Å². The summed E-state index contributed by atoms with van der Waals surface area (Å²) in [6.45, 7) is 1.74. The third-order valence-electron chi connectivity index (χ3n) is 3.89. The fourth-order valence-electron chi connectivity index (χ4n) is 2.46. The number of hydrogen-bond donors (Lipinski definition) is 2. The van der Waals surface area contributed by atoms with E-state index in [1.165, 1.54) is 18.5 Å². The predicted octanol–water partition coefficient (Wildman–Crippen LogP) is 1.69. The van der Waals surface area contributed by atoms with Gasteiger partial charge in [-0.3, -0.25) is 19.1 Å². The Morgan fingerprint density at radius 1 is 1.38 bits per heavy atom. The number of aliphatic carboxylic acids is 1. The lowest BCUT2D eigenvalue weighted by Crippen LogP contribution is -2.29. The third kappa shape index (κ3) is 3.27. The van der Waals surface area contributed by atoms with Crippen molar-refractivity contribution in [3.63, 3.8) is 0 Å². The number of fused-ring (bicyclic) bond motifs is 1. The molecule has 0 saturated heterocycles. The number of carboxylic acids is 1. The van der Waals surface area contributed by atoms with Crippen molar-refractivity contribution < 1.29 is 9.90 Å². The molecule has 0 aliphatic carbocycles. The maximum absolute atomic E-state index is 12.4. The smallest absolute Gasteiger partial charge is 0.329 e. The lowest BCUT2D eigenvalue weighted by Gasteiger charge is -2.11. The van der Waals surface area contributed by atoms with E-state index in [1.54, 1.807) is 22.8 Å². The lowest BCUT2D eigenvalue weighted by molar-refractivity contribution is -0.136. The quantitative estimate of drug-likeness (QED) is 0.637. The molecular formula is C16H15ClN4O4S. The maximum atomic E-state index is 12.4. The molecule has 3 aromatic rings. The summed E-state index contributed by atoms with van der Waals surface area (Å²) < 4.78 is 2.80. The van der Waals surface area contributed by atoms with E-state index in [-0.39, 0.29) is 17.7 Å². The number of carboxylic acid groups (broad SMARTS) is 1. The van der Waals surface area contributed by atoms with E-state index < -0.39 is 22.5 Å². The predicted molar refractivity (Wildman–Crippen MR) is 99.1 cm³/mol. The van der Waals surface area contributed by atoms with E-state index in [2.05, 4.69) is 9.97 Å². The SMILES string of the molecule is C[C@H](Sc1nc2c(c(=O)[nH]c(=O)n2C)n1Cc1ccccc1Cl)C(=O)O. The van der Waals surface area contributed by atoms with Crippen LogP contribution in [0.4, 0.5) is 0 Å². The molecule has 0 bridgehead atoms. The average molecular weight is 395 g/mol. The van der Waals surface area contributed by atoms with Gasteiger partial charge in [0.1, 0.15) is 5.25 Å². The molecule has 0 aliphatic heterocycles. The molecule has 8 nitrogen and oxygen atoms in total. The molecule has 2 N–H and O–H groups in total. The molecule has 0 spiro atoms. The molecule has 1 aromatic carbocycles. The Hall–Kier alpha value is -2.52. The van der Waals surface area contributed by atoms with Crippen molar-refractivity contribution in [1.29, 1.82) is 0 Å². The van der Waals surface area contributed by atoms with Gasteiger partial charge in [-0.25, -0.2) is 9.78 Å². The van der Waals surface area contributed by atoms with Gasteiger partial charge >= 0.3 is 11.7 Å². The summed E-state index contributed by atoms with van der Waals surface area (Å²) in [6.07, 6.45) is 0. The number of thioether (sulfide) groups is 1. The second kappa shape index (κ2) is 7.00. The summed E-state index contributed by atoms with van der Waals surface area (Å²) in [5, 5.41) is 9.24. The minimum atomic E-state index is -1.01. The number of rotatable bonds is 5. The van der Waals surface area contributed by atoms with Crippen LogP contribution in [0.1, 0.15) is 12.5 Å². The van der Waals surface area contributed by atoms with Gasteiger partial charge < -0.3 is 9.67 Å². The van der Waals surface area contributed by atoms with Crippen molar-refractivity contribution in [3.8, 4) is 0 Å². The molecule has 0 saturated carbocycles. The van der Waals surface area contributed by atoms with Gasteiger partial charge in [-0.2, -0.15) is 0 Å². The van der Waals surface area contributed by atoms with Crippen molar-refractivity contribution in [2.45, 2.75) is 23.9 Å². The highest BCUT2D eigenvalue weighted by molar-refractivity contribution is 8.00. The van der Waals surface area contributed by atoms with Crippen LogP contribution in [0.15, 0.2) is 39.0 Å². The zero-order valence-corrected chi connectivity index (χ0v) is 15.5. The number of aromatic nitrogens is 4. The van der Waals surface area contributed by atoms with Crippen LogP contribution >= 0.6 is 23.4 Å². The number of aromatic amines is 1. The van der Waals surface area contributed by atoms with Gasteiger partial charge in [0.15, 0.2) is 16.3 Å². The van der Waals surface area contributed by atoms with Crippen LogP contribution in [0.25, 0.3) is 11.2 Å². The number of H-pyrrole nitrogens is 1. The molecule has 1 atom stereocenters. The molecule has 0 aliphatic rings. The topological polar surface area (TPSA) is 110 Å². The largest absolute Gasteiger partial charge is 0.480 e. The molecule has 0 amide bonds. The Labute approximate surface area is 156 Å². The highest BCUT2D eigenvalue weighted by Gasteiger charge is 2.22. The van der Waals surface area contributed by atoms with Gasteiger partial charge in [0, 0.05) is 12.1 Å². The zero-order chi connectivity index (χ0) is 19.0. The van der Waals surface area contributed by atoms with Gasteiger partial charge in [0.05, 0.1) is 6.54 Å². The molecule has 3 rings (SSSR count). The Morgan fingerprint density at radius 3 is 2.73 bits per heavy atom. The van der Waals surface area contributed by atoms with E-state index in [4.69, 9.17) is 11.6 Å². The van der Waals surface area contributed by atoms with E-state index in [0.29, 0.717) is 10.2 Å². The van der Waals surface area contributed by atoms with Gasteiger partial charge in [-0.05, 0) is 18.6 Å². The molecule has 10 heteroatoms. The minimum absolute atomic E-state index is 0.186. The minimum Gasteiger partial charge on any atom is -0.480 e. The van der Waals surface area contributed by atoms with Crippen LogP contribution in [0, 0.1) is 0 Å². The van der Waals surface area contributed by atoms with E-state index in [9.17, 15) is 19.5 Å². The fourth-order valence-corrected chi connectivity index (χ4v) is 3.49. The van der Waals surface area contributed by atoms with Crippen LogP contribution < -0.4 is 11.2 Å². The number of aryl methyl sites for hydroxylation is 1. The standard InChI is InChI=1S/C16H15ClN4O4S/c1-8(14(23)24)26-16-18-12-11(13(22)19-15(25)20(12)2)21(16)7-9-5-3-4-6-10(9)17/h3-6,8H,7H2,1-2H3,(H,23,24)(H,19,22,25)/t8-/m0/s1. The highest BCUT2D eigenvalue weighted by Crippen LogP contribution is 2.27. The monoisotopic (exact) mass is 394 g/mol. The van der Waals surface area contributed by atoms with E-state index in [1.807, 2.05) is 6.07 Å². The molecule has 26 heavy (non-hydrogen) atoms. The first-order valence-corrected chi connectivity index (χ1v) is 8.87. The second-order valence-corrected chi connectivity index (χ2v) is 7.38. The fraction of sp³-hybridized carbons (Fsp3) is 0.250. The van der Waals surface area contributed by atoms with Crippen LogP contribution in [0.2, 0.25) is 5.02 Å². The molecule has 2 aromatic heterocycles. The molecule has 2 heterocycles. The summed E-state index contributed by atoms with van der Waals surface area (Å²) >= 11 is 7.21. The molecule has 0 radical (unpaired) electrons. The van der Waals surface area contributed by atoms with Crippen molar-refractivity contribution in [1.82, 2.24) is 19.1 Å². The first kappa shape index (κ1) is 18.3. The zero-order valence-electron chi connectivity index (χ0n) is 13.9. The molecule has 136 valence electrons. The van der Waals surface area contributed by atoms with Crippen LogP contribution in [0.3, 0.4) is 0 Å². The van der Waals surface area contributed by atoms with Crippen molar-refractivity contribution in [2.24, 2.45) is 7.05 Å². The normalized spacial score (nSPS) is 12.4. The first-order valence-electron chi connectivity index (χ1n) is 7.62. The number of benzene rings is 1. The van der Waals surface area contributed by atoms with Gasteiger partial charge in [-0.1, -0.05) is 41.6 Å². The number of imidazole rings is 1. The number of nitrogens with zero attached hydrogens (tertiary/aromatic N) is 3. The summed E-state index contributed by atoms with van der Waals surface area (Å²) in [5.41, 5.74) is -0.0604. The Bertz CT molecular complexity index is 1120. The number of carbonyl (C=O) groups is 1.